The first-order valence-electron chi connectivity index (χ1n) is 6.31. The van der Waals surface area contributed by atoms with E-state index in [-0.39, 0.29) is 6.04 Å². The van der Waals surface area contributed by atoms with Gasteiger partial charge >= 0.3 is 0 Å². The number of nitrogens with one attached hydrogen (secondary N) is 1. The van der Waals surface area contributed by atoms with Crippen molar-refractivity contribution in [3.05, 3.63) is 28.8 Å². The molecule has 1 aromatic rings. The monoisotopic (exact) mass is 271 g/mol. The van der Waals surface area contributed by atoms with E-state index in [0.717, 1.165) is 42.4 Å². The van der Waals surface area contributed by atoms with Gasteiger partial charge in [-0.25, -0.2) is 0 Å². The van der Waals surface area contributed by atoms with Gasteiger partial charge in [-0.15, -0.1) is 0 Å². The molecule has 1 atom stereocenters. The summed E-state index contributed by atoms with van der Waals surface area (Å²) in [6, 6.07) is 5.95. The summed E-state index contributed by atoms with van der Waals surface area (Å²) in [6.45, 7) is 3.57. The summed E-state index contributed by atoms with van der Waals surface area (Å²) in [5.74, 6) is 0.871. The van der Waals surface area contributed by atoms with Crippen LogP contribution in [0.25, 0.3) is 0 Å². The van der Waals surface area contributed by atoms with Gasteiger partial charge in [-0.05, 0) is 45.0 Å². The van der Waals surface area contributed by atoms with Crippen molar-refractivity contribution in [2.45, 2.75) is 25.8 Å². The van der Waals surface area contributed by atoms with E-state index in [0.29, 0.717) is 0 Å². The van der Waals surface area contributed by atoms with Gasteiger partial charge in [0.25, 0.3) is 0 Å². The number of benzene rings is 1. The maximum atomic E-state index is 6.05. The molecule has 0 spiro atoms. The summed E-state index contributed by atoms with van der Waals surface area (Å²) in [6.07, 6.45) is 2.00. The quantitative estimate of drug-likeness (QED) is 0.735. The summed E-state index contributed by atoms with van der Waals surface area (Å²) in [5, 5.41) is 4.04. The van der Waals surface area contributed by atoms with Gasteiger partial charge in [0.05, 0.1) is 7.11 Å². The number of hydrogen-bond donors (Lipinski definition) is 1. The minimum atomic E-state index is 0.235. The lowest BCUT2D eigenvalue weighted by Gasteiger charge is -2.19. The minimum Gasteiger partial charge on any atom is -0.496 e. The average Bonchev–Trinajstić information content (AvgIpc) is 2.39. The van der Waals surface area contributed by atoms with Crippen LogP contribution in [0.5, 0.6) is 5.75 Å². The maximum Gasteiger partial charge on any atom is 0.123 e. The van der Waals surface area contributed by atoms with E-state index in [4.69, 9.17) is 21.1 Å². The molecule has 4 heteroatoms. The Morgan fingerprint density at radius 2 is 2.17 bits per heavy atom. The van der Waals surface area contributed by atoms with E-state index in [1.165, 1.54) is 0 Å². The summed E-state index contributed by atoms with van der Waals surface area (Å²) < 4.78 is 10.7. The Kier molecular flexibility index (Phi) is 7.09. The molecule has 1 aromatic carbocycles. The molecule has 0 bridgehead atoms. The van der Waals surface area contributed by atoms with Gasteiger partial charge in [-0.3, -0.25) is 0 Å². The number of halogens is 1. The van der Waals surface area contributed by atoms with Gasteiger partial charge in [0, 0.05) is 29.8 Å². The second-order valence-corrected chi connectivity index (χ2v) is 4.50. The molecule has 0 aliphatic heterocycles. The molecule has 102 valence electrons. The third-order valence-corrected chi connectivity index (χ3v) is 3.14. The first kappa shape index (κ1) is 15.3. The molecule has 1 N–H and O–H groups in total. The van der Waals surface area contributed by atoms with Crippen LogP contribution in [0.15, 0.2) is 18.2 Å². The molecule has 0 aromatic heterocycles. The molecular weight excluding hydrogens is 250 g/mol. The van der Waals surface area contributed by atoms with Crippen LogP contribution in [0.3, 0.4) is 0 Å². The number of methoxy groups -OCH3 is 1. The number of hydrogen-bond acceptors (Lipinski definition) is 3. The second kappa shape index (κ2) is 8.35. The van der Waals surface area contributed by atoms with Gasteiger partial charge in [0.1, 0.15) is 5.75 Å². The van der Waals surface area contributed by atoms with Crippen molar-refractivity contribution < 1.29 is 9.47 Å². The Balaban J connectivity index is 2.71. The van der Waals surface area contributed by atoms with E-state index >= 15 is 0 Å². The highest BCUT2D eigenvalue weighted by Gasteiger charge is 2.14. The first-order chi connectivity index (χ1) is 8.72. The third kappa shape index (κ3) is 4.48. The van der Waals surface area contributed by atoms with Gasteiger partial charge in [-0.1, -0.05) is 11.6 Å². The van der Waals surface area contributed by atoms with Crippen LogP contribution in [0.4, 0.5) is 0 Å². The molecule has 0 radical (unpaired) electrons. The summed E-state index contributed by atoms with van der Waals surface area (Å²) in [7, 11) is 3.63. The number of ether oxygens (including phenoxy) is 2. The molecule has 0 amide bonds. The highest BCUT2D eigenvalue weighted by atomic mass is 35.5. The Morgan fingerprint density at radius 1 is 1.39 bits per heavy atom. The van der Waals surface area contributed by atoms with Crippen molar-refractivity contribution in [1.29, 1.82) is 0 Å². The zero-order chi connectivity index (χ0) is 13.4. The van der Waals surface area contributed by atoms with Crippen LogP contribution >= 0.6 is 11.6 Å². The molecule has 1 unspecified atom stereocenters. The summed E-state index contributed by atoms with van der Waals surface area (Å²) in [4.78, 5) is 0. The lowest BCUT2D eigenvalue weighted by atomic mass is 10.0. The average molecular weight is 272 g/mol. The zero-order valence-corrected chi connectivity index (χ0v) is 12.1. The predicted octanol–water partition coefficient (Wildman–Crippen LogP) is 3.43. The van der Waals surface area contributed by atoms with Crippen LogP contribution in [0.1, 0.15) is 31.4 Å². The lowest BCUT2D eigenvalue weighted by molar-refractivity contribution is 0.141. The molecule has 0 fully saturated rings. The first-order valence-corrected chi connectivity index (χ1v) is 6.69. The van der Waals surface area contributed by atoms with Crippen molar-refractivity contribution in [1.82, 2.24) is 5.32 Å². The Labute approximate surface area is 114 Å². The normalized spacial score (nSPS) is 12.4. The molecule has 0 saturated carbocycles. The Hall–Kier alpha value is -0.770. The van der Waals surface area contributed by atoms with Crippen LogP contribution in [-0.2, 0) is 4.74 Å². The molecule has 0 aliphatic carbocycles. The van der Waals surface area contributed by atoms with Gasteiger partial charge in [-0.2, -0.15) is 0 Å². The molecule has 18 heavy (non-hydrogen) atoms. The van der Waals surface area contributed by atoms with Crippen LogP contribution in [-0.4, -0.2) is 27.4 Å². The standard InChI is InChI=1S/C14H22ClNO2/c1-4-18-9-5-6-13(16-2)12-10-11(15)7-8-14(12)17-3/h7-8,10,13,16H,4-6,9H2,1-3H3. The van der Waals surface area contributed by atoms with Crippen LogP contribution < -0.4 is 10.1 Å². The largest absolute Gasteiger partial charge is 0.496 e. The van der Waals surface area contributed by atoms with Crippen LogP contribution in [0.2, 0.25) is 5.02 Å². The van der Waals surface area contributed by atoms with Crippen molar-refractivity contribution in [2.75, 3.05) is 27.4 Å². The van der Waals surface area contributed by atoms with Crippen LogP contribution in [0, 0.1) is 0 Å². The fourth-order valence-electron chi connectivity index (χ4n) is 1.97. The molecule has 0 heterocycles. The van der Waals surface area contributed by atoms with E-state index in [2.05, 4.69) is 5.32 Å². The molecule has 3 nitrogen and oxygen atoms in total. The smallest absolute Gasteiger partial charge is 0.123 e. The molecule has 1 rings (SSSR count). The highest BCUT2D eigenvalue weighted by molar-refractivity contribution is 6.30. The van der Waals surface area contributed by atoms with Gasteiger partial charge in [0.2, 0.25) is 0 Å². The van der Waals surface area contributed by atoms with Gasteiger partial charge < -0.3 is 14.8 Å². The van der Waals surface area contributed by atoms with E-state index in [1.807, 2.05) is 32.2 Å². The number of rotatable bonds is 8. The lowest BCUT2D eigenvalue weighted by Crippen LogP contribution is -2.17. The minimum absolute atomic E-state index is 0.235. The van der Waals surface area contributed by atoms with Crippen molar-refractivity contribution in [2.24, 2.45) is 0 Å². The van der Waals surface area contributed by atoms with Crippen molar-refractivity contribution in [3.8, 4) is 5.75 Å². The SMILES string of the molecule is CCOCCCC(NC)c1cc(Cl)ccc1OC. The highest BCUT2D eigenvalue weighted by Crippen LogP contribution is 2.30. The fraction of sp³-hybridized carbons (Fsp3) is 0.571. The molecular formula is C14H22ClNO2. The third-order valence-electron chi connectivity index (χ3n) is 2.90. The summed E-state index contributed by atoms with van der Waals surface area (Å²) in [5.41, 5.74) is 1.10. The Morgan fingerprint density at radius 3 is 2.78 bits per heavy atom. The van der Waals surface area contributed by atoms with Crippen molar-refractivity contribution >= 4 is 11.6 Å². The maximum absolute atomic E-state index is 6.05. The molecule has 0 aliphatic rings. The van der Waals surface area contributed by atoms with E-state index in [1.54, 1.807) is 7.11 Å². The van der Waals surface area contributed by atoms with E-state index < -0.39 is 0 Å². The van der Waals surface area contributed by atoms with Gasteiger partial charge in [0.15, 0.2) is 0 Å². The second-order valence-electron chi connectivity index (χ2n) is 4.07. The Bertz CT molecular complexity index is 358. The fourth-order valence-corrected chi connectivity index (χ4v) is 2.15. The predicted molar refractivity (Wildman–Crippen MR) is 75.5 cm³/mol. The molecule has 0 saturated heterocycles. The van der Waals surface area contributed by atoms with Crippen molar-refractivity contribution in [3.63, 3.8) is 0 Å². The summed E-state index contributed by atoms with van der Waals surface area (Å²) >= 11 is 6.05. The zero-order valence-electron chi connectivity index (χ0n) is 11.3. The topological polar surface area (TPSA) is 30.5 Å². The van der Waals surface area contributed by atoms with E-state index in [9.17, 15) is 0 Å².